The van der Waals surface area contributed by atoms with Crippen LogP contribution < -0.4 is 0 Å². The average Bonchev–Trinajstić information content (AvgIpc) is 3.34. The van der Waals surface area contributed by atoms with Crippen molar-refractivity contribution in [2.24, 2.45) is 0 Å². The monoisotopic (exact) mass is 1020 g/mol. The Balaban J connectivity index is 2.35. The van der Waals surface area contributed by atoms with Gasteiger partial charge in [-0.1, -0.05) is 234 Å². The molecule has 1 heterocycles. The molecule has 0 saturated carbocycles. The van der Waals surface area contributed by atoms with E-state index in [0.717, 1.165) is 51.4 Å². The minimum Gasteiger partial charge on any atom is -0.462 e. The van der Waals surface area contributed by atoms with Gasteiger partial charge in [0.2, 0.25) is 0 Å². The number of hydrogen-bond donors (Lipinski definition) is 4. The fraction of sp³-hybridized carbons (Fsp3) is 0.759. The van der Waals surface area contributed by atoms with E-state index in [9.17, 15) is 37.9 Å². The molecule has 0 aromatic carbocycles. The van der Waals surface area contributed by atoms with Crippen LogP contribution >= 0.6 is 0 Å². The Morgan fingerprint density at radius 1 is 0.493 bits per heavy atom. The number of carbonyl (C=O) groups excluding carboxylic acids is 2. The van der Waals surface area contributed by atoms with Crippen LogP contribution in [0.5, 0.6) is 0 Å². The molecule has 71 heavy (non-hydrogen) atoms. The Bertz CT molecular complexity index is 1570. The Hall–Kier alpha value is -2.91. The molecule has 6 atom stereocenters. The number of ether oxygens (including phenoxy) is 4. The van der Waals surface area contributed by atoms with Crippen LogP contribution in [0.1, 0.15) is 226 Å². The van der Waals surface area contributed by atoms with Crippen LogP contribution in [0.2, 0.25) is 0 Å². The Kier molecular flexibility index (Phi) is 43.6. The van der Waals surface area contributed by atoms with Crippen molar-refractivity contribution in [2.45, 2.75) is 263 Å². The van der Waals surface area contributed by atoms with E-state index in [2.05, 4.69) is 74.6 Å². The van der Waals surface area contributed by atoms with Crippen LogP contribution in [-0.4, -0.2) is 96.0 Å². The fourth-order valence-electron chi connectivity index (χ4n) is 8.29. The predicted molar refractivity (Wildman–Crippen MR) is 288 cm³/mol. The summed E-state index contributed by atoms with van der Waals surface area (Å²) in [7, 11) is -4.62. The van der Waals surface area contributed by atoms with Crippen molar-refractivity contribution in [1.82, 2.24) is 0 Å². The number of esters is 2. The van der Waals surface area contributed by atoms with Gasteiger partial charge in [0.1, 0.15) is 36.8 Å². The Labute approximate surface area is 431 Å². The van der Waals surface area contributed by atoms with Gasteiger partial charge in [-0.15, -0.1) is 0 Å². The number of unbranched alkanes of at least 4 members (excludes halogenated alkanes) is 23. The molecule has 0 aromatic rings. The minimum atomic E-state index is -4.62. The standard InChI is InChI=1S/C58H100O12S/c1-3-5-7-9-11-13-15-17-19-21-23-24-25-26-27-29-30-32-34-36-38-40-42-44-46-53(59)67-48-51(49-68-58-57(63)56(62)55(61)52(70-58)50-71(64,65)66)69-54(60)47-45-43-41-39-37-35-33-31-28-22-20-18-16-14-12-10-8-6-4-2/h6,8,12,14,18,20,28,31,35,37,41,43,51-52,55-58,61-63H,3-5,7,9-11,13,15-17,19,21-27,29-30,32-34,36,38-40,42,44-50H2,1-2H3,(H,64,65,66)/b8-6-,14-12-,20-18-,31-28-,37-35-,43-41-. The zero-order chi connectivity index (χ0) is 51.9. The van der Waals surface area contributed by atoms with E-state index in [0.29, 0.717) is 19.3 Å². The quantitative estimate of drug-likeness (QED) is 0.0196. The molecule has 1 aliphatic rings. The van der Waals surface area contributed by atoms with E-state index in [1.54, 1.807) is 0 Å². The summed E-state index contributed by atoms with van der Waals surface area (Å²) in [6, 6.07) is 0. The molecular weight excluding hydrogens is 921 g/mol. The summed E-state index contributed by atoms with van der Waals surface area (Å²) in [6.07, 6.45) is 52.5. The van der Waals surface area contributed by atoms with Crippen LogP contribution in [0, 0.1) is 0 Å². The highest BCUT2D eigenvalue weighted by Crippen LogP contribution is 2.24. The molecule has 1 rings (SSSR count). The lowest BCUT2D eigenvalue weighted by Crippen LogP contribution is -2.60. The molecule has 0 radical (unpaired) electrons. The van der Waals surface area contributed by atoms with E-state index in [1.807, 2.05) is 12.2 Å². The number of aliphatic hydroxyl groups is 3. The molecule has 4 N–H and O–H groups in total. The van der Waals surface area contributed by atoms with E-state index in [-0.39, 0.29) is 19.4 Å². The Morgan fingerprint density at radius 2 is 0.887 bits per heavy atom. The molecule has 1 aliphatic heterocycles. The van der Waals surface area contributed by atoms with Gasteiger partial charge in [0, 0.05) is 12.8 Å². The van der Waals surface area contributed by atoms with Gasteiger partial charge in [-0.05, 0) is 51.4 Å². The highest BCUT2D eigenvalue weighted by molar-refractivity contribution is 7.85. The van der Waals surface area contributed by atoms with Gasteiger partial charge in [-0.2, -0.15) is 8.42 Å². The topological polar surface area (TPSA) is 186 Å². The molecule has 1 saturated heterocycles. The van der Waals surface area contributed by atoms with Gasteiger partial charge in [0.15, 0.2) is 12.4 Å². The number of allylic oxidation sites excluding steroid dienone is 12. The number of carbonyl (C=O) groups is 2. The average molecular weight is 1020 g/mol. The summed E-state index contributed by atoms with van der Waals surface area (Å²) < 4.78 is 54.2. The summed E-state index contributed by atoms with van der Waals surface area (Å²) >= 11 is 0. The minimum absolute atomic E-state index is 0.0377. The van der Waals surface area contributed by atoms with Crippen molar-refractivity contribution < 1.29 is 56.8 Å². The third-order valence-electron chi connectivity index (χ3n) is 12.6. The van der Waals surface area contributed by atoms with Crippen molar-refractivity contribution in [3.05, 3.63) is 72.9 Å². The summed E-state index contributed by atoms with van der Waals surface area (Å²) in [4.78, 5) is 25.6. The zero-order valence-electron chi connectivity index (χ0n) is 44.3. The number of aliphatic hydroxyl groups excluding tert-OH is 3. The molecule has 0 amide bonds. The van der Waals surface area contributed by atoms with Gasteiger partial charge in [-0.25, -0.2) is 0 Å². The van der Waals surface area contributed by atoms with Crippen molar-refractivity contribution in [1.29, 1.82) is 0 Å². The second kappa shape index (κ2) is 46.8. The maximum atomic E-state index is 12.9. The molecule has 6 unspecified atom stereocenters. The van der Waals surface area contributed by atoms with Gasteiger partial charge in [0.25, 0.3) is 10.1 Å². The fourth-order valence-corrected chi connectivity index (χ4v) is 8.98. The molecule has 1 fully saturated rings. The largest absolute Gasteiger partial charge is 0.462 e. The van der Waals surface area contributed by atoms with Crippen LogP contribution in [0.4, 0.5) is 0 Å². The Morgan fingerprint density at radius 3 is 1.30 bits per heavy atom. The lowest BCUT2D eigenvalue weighted by Gasteiger charge is -2.40. The first-order chi connectivity index (χ1) is 34.5. The maximum absolute atomic E-state index is 12.9. The second-order valence-electron chi connectivity index (χ2n) is 19.2. The van der Waals surface area contributed by atoms with Crippen molar-refractivity contribution in [3.63, 3.8) is 0 Å². The van der Waals surface area contributed by atoms with Gasteiger partial charge in [0.05, 0.1) is 6.61 Å². The van der Waals surface area contributed by atoms with Crippen LogP contribution in [-0.2, 0) is 38.7 Å². The molecular formula is C58H100O12S. The van der Waals surface area contributed by atoms with E-state index in [1.165, 1.54) is 128 Å². The first kappa shape index (κ1) is 66.1. The van der Waals surface area contributed by atoms with Crippen molar-refractivity contribution in [3.8, 4) is 0 Å². The smallest absolute Gasteiger partial charge is 0.306 e. The lowest BCUT2D eigenvalue weighted by atomic mass is 10.00. The van der Waals surface area contributed by atoms with Crippen molar-refractivity contribution >= 4 is 22.1 Å². The molecule has 0 bridgehead atoms. The van der Waals surface area contributed by atoms with Crippen LogP contribution in [0.15, 0.2) is 72.9 Å². The summed E-state index contributed by atoms with van der Waals surface area (Å²) in [6.45, 7) is 3.62. The number of hydrogen-bond acceptors (Lipinski definition) is 11. The first-order valence-electron chi connectivity index (χ1n) is 28.0. The summed E-state index contributed by atoms with van der Waals surface area (Å²) in [5, 5.41) is 31.0. The van der Waals surface area contributed by atoms with Crippen molar-refractivity contribution in [2.75, 3.05) is 19.0 Å². The third-order valence-corrected chi connectivity index (χ3v) is 13.3. The van der Waals surface area contributed by atoms with E-state index in [4.69, 9.17) is 18.9 Å². The molecule has 13 heteroatoms. The highest BCUT2D eigenvalue weighted by Gasteiger charge is 2.46. The van der Waals surface area contributed by atoms with Crippen LogP contribution in [0.3, 0.4) is 0 Å². The van der Waals surface area contributed by atoms with E-state index < -0.39 is 71.2 Å². The molecule has 0 spiro atoms. The molecule has 0 aliphatic carbocycles. The highest BCUT2D eigenvalue weighted by atomic mass is 32.2. The maximum Gasteiger partial charge on any atom is 0.306 e. The van der Waals surface area contributed by atoms with Crippen LogP contribution in [0.25, 0.3) is 0 Å². The lowest BCUT2D eigenvalue weighted by molar-refractivity contribution is -0.297. The SMILES string of the molecule is CC/C=C\C/C=C\C/C=C\C/C=C\C/C=C\C/C=C\CCC(=O)OC(COC(=O)CCCCCCCCCCCCCCCCCCCCCCCCCC)COC1OC(CS(=O)(=O)O)C(O)C(O)C1O. The van der Waals surface area contributed by atoms with Gasteiger partial charge in [-0.3, -0.25) is 14.1 Å². The third kappa shape index (κ3) is 41.2. The normalized spacial score (nSPS) is 19.4. The summed E-state index contributed by atoms with van der Waals surface area (Å²) in [5.74, 6) is -2.09. The molecule has 12 nitrogen and oxygen atoms in total. The first-order valence-corrected chi connectivity index (χ1v) is 29.6. The molecule has 0 aromatic heterocycles. The van der Waals surface area contributed by atoms with Gasteiger partial charge < -0.3 is 34.3 Å². The van der Waals surface area contributed by atoms with E-state index >= 15 is 0 Å². The zero-order valence-corrected chi connectivity index (χ0v) is 45.1. The predicted octanol–water partition coefficient (Wildman–Crippen LogP) is 13.4. The van der Waals surface area contributed by atoms with Gasteiger partial charge >= 0.3 is 11.9 Å². The second-order valence-corrected chi connectivity index (χ2v) is 20.7. The summed E-state index contributed by atoms with van der Waals surface area (Å²) in [5.41, 5.74) is 0. The number of rotatable bonds is 47. The molecule has 410 valence electrons.